The molecule has 0 amide bonds. The van der Waals surface area contributed by atoms with Crippen LogP contribution in [0.1, 0.15) is 40.6 Å². The maximum absolute atomic E-state index is 7.04. The Labute approximate surface area is 327 Å². The highest BCUT2D eigenvalue weighted by Crippen LogP contribution is 2.44. The summed E-state index contributed by atoms with van der Waals surface area (Å²) in [5.41, 5.74) is 12.5. The van der Waals surface area contributed by atoms with Gasteiger partial charge in [0.15, 0.2) is 11.6 Å². The van der Waals surface area contributed by atoms with Crippen LogP contribution in [0.2, 0.25) is 0 Å². The van der Waals surface area contributed by atoms with Gasteiger partial charge >= 0.3 is 0 Å². The second-order valence-corrected chi connectivity index (χ2v) is 14.9. The van der Waals surface area contributed by atoms with E-state index in [0.29, 0.717) is 5.84 Å². The second-order valence-electron chi connectivity index (χ2n) is 14.9. The van der Waals surface area contributed by atoms with Gasteiger partial charge in [-0.1, -0.05) is 133 Å². The Balaban J connectivity index is 0.969. The quantitative estimate of drug-likeness (QED) is 0.191. The van der Waals surface area contributed by atoms with Gasteiger partial charge in [-0.3, -0.25) is 0 Å². The minimum atomic E-state index is -0.342. The van der Waals surface area contributed by atoms with Crippen molar-refractivity contribution in [2.45, 2.75) is 19.0 Å². The second kappa shape index (κ2) is 12.5. The number of furan rings is 2. The number of benzene rings is 7. The maximum Gasteiger partial charge on any atom is 0.159 e. The third kappa shape index (κ3) is 5.04. The average Bonchev–Trinajstić information content (AvgIpc) is 3.96. The first kappa shape index (κ1) is 31.9. The molecule has 1 aliphatic heterocycles. The number of rotatable bonds is 5. The molecule has 1 atom stereocenters. The molecule has 0 saturated heterocycles. The molecule has 7 aromatic carbocycles. The van der Waals surface area contributed by atoms with Crippen molar-refractivity contribution in [1.29, 1.82) is 0 Å². The molecule has 3 aromatic heterocycles. The average molecular weight is 735 g/mol. The van der Waals surface area contributed by atoms with E-state index < -0.39 is 0 Å². The summed E-state index contributed by atoms with van der Waals surface area (Å²) in [5, 5.41) is 9.35. The molecule has 270 valence electrons. The van der Waals surface area contributed by atoms with Crippen LogP contribution >= 0.6 is 0 Å². The lowest BCUT2D eigenvalue weighted by Gasteiger charge is -2.23. The fourth-order valence-electron chi connectivity index (χ4n) is 8.89. The van der Waals surface area contributed by atoms with Gasteiger partial charge in [0.2, 0.25) is 0 Å². The SMILES string of the molecule is C1=C(n2c3ccccc3c3ccccc32)c2oc3c(-c4ccc5oc6ccc(C7N=C(c8ccccc8)N=C(c8ccccc8)N7)cc6c5c4)cccc3c2CC1. The van der Waals surface area contributed by atoms with E-state index in [0.717, 1.165) is 85.5 Å². The molecule has 0 fully saturated rings. The minimum Gasteiger partial charge on any atom is -0.456 e. The van der Waals surface area contributed by atoms with Crippen LogP contribution in [0.5, 0.6) is 0 Å². The molecule has 4 heterocycles. The number of nitrogens with one attached hydrogen (secondary N) is 1. The third-order valence-corrected chi connectivity index (χ3v) is 11.5. The summed E-state index contributed by atoms with van der Waals surface area (Å²) in [4.78, 5) is 10.1. The molecule has 0 radical (unpaired) electrons. The molecule has 1 unspecified atom stereocenters. The van der Waals surface area contributed by atoms with Crippen molar-refractivity contribution in [3.8, 4) is 11.1 Å². The van der Waals surface area contributed by atoms with Gasteiger partial charge in [-0.25, -0.2) is 9.98 Å². The predicted molar refractivity (Wildman–Crippen MR) is 232 cm³/mol. The first-order chi connectivity index (χ1) is 28.2. The number of hydrogen-bond donors (Lipinski definition) is 1. The van der Waals surface area contributed by atoms with Crippen LogP contribution in [0.25, 0.3) is 71.5 Å². The van der Waals surface area contributed by atoms with Crippen LogP contribution in [-0.2, 0) is 6.42 Å². The third-order valence-electron chi connectivity index (χ3n) is 11.5. The van der Waals surface area contributed by atoms with Crippen LogP contribution in [0.3, 0.4) is 0 Å². The highest BCUT2D eigenvalue weighted by molar-refractivity contribution is 6.14. The minimum absolute atomic E-state index is 0.342. The highest BCUT2D eigenvalue weighted by Gasteiger charge is 2.27. The topological polar surface area (TPSA) is 68.0 Å². The van der Waals surface area contributed by atoms with Crippen molar-refractivity contribution < 1.29 is 8.83 Å². The van der Waals surface area contributed by atoms with Crippen molar-refractivity contribution in [2.24, 2.45) is 9.98 Å². The number of para-hydroxylation sites is 3. The smallest absolute Gasteiger partial charge is 0.159 e. The molecule has 10 aromatic rings. The van der Waals surface area contributed by atoms with Crippen molar-refractivity contribution in [1.82, 2.24) is 9.88 Å². The molecule has 6 heteroatoms. The number of hydrogen-bond acceptors (Lipinski definition) is 5. The number of allylic oxidation sites excluding steroid dienone is 1. The number of amidine groups is 2. The van der Waals surface area contributed by atoms with Crippen LogP contribution in [0, 0.1) is 0 Å². The molecule has 6 nitrogen and oxygen atoms in total. The monoisotopic (exact) mass is 734 g/mol. The van der Waals surface area contributed by atoms with E-state index in [4.69, 9.17) is 18.8 Å². The molecule has 2 aliphatic rings. The van der Waals surface area contributed by atoms with E-state index in [1.54, 1.807) is 0 Å². The predicted octanol–water partition coefficient (Wildman–Crippen LogP) is 12.4. The lowest BCUT2D eigenvalue weighted by Crippen LogP contribution is -2.33. The van der Waals surface area contributed by atoms with E-state index >= 15 is 0 Å². The van der Waals surface area contributed by atoms with E-state index in [2.05, 4.69) is 143 Å². The van der Waals surface area contributed by atoms with Crippen molar-refractivity contribution in [3.63, 3.8) is 0 Å². The number of aliphatic imine (C=N–C) groups is 2. The largest absolute Gasteiger partial charge is 0.456 e. The Morgan fingerprint density at radius 1 is 0.561 bits per heavy atom. The van der Waals surface area contributed by atoms with Crippen LogP contribution in [-0.4, -0.2) is 16.2 Å². The van der Waals surface area contributed by atoms with Crippen molar-refractivity contribution >= 4 is 72.1 Å². The number of aromatic nitrogens is 1. The zero-order chi connectivity index (χ0) is 37.5. The summed E-state index contributed by atoms with van der Waals surface area (Å²) < 4.78 is 15.9. The van der Waals surface area contributed by atoms with Gasteiger partial charge in [0.25, 0.3) is 0 Å². The van der Waals surface area contributed by atoms with Crippen LogP contribution in [0.15, 0.2) is 189 Å². The van der Waals surface area contributed by atoms with Gasteiger partial charge < -0.3 is 18.7 Å². The maximum atomic E-state index is 7.04. The number of fused-ring (bicyclic) bond motifs is 9. The van der Waals surface area contributed by atoms with Gasteiger partial charge in [0.1, 0.15) is 28.8 Å². The molecular weight excluding hydrogens is 701 g/mol. The van der Waals surface area contributed by atoms with Crippen molar-refractivity contribution in [3.05, 3.63) is 198 Å². The Bertz CT molecular complexity index is 3270. The van der Waals surface area contributed by atoms with Crippen molar-refractivity contribution in [2.75, 3.05) is 0 Å². The highest BCUT2D eigenvalue weighted by atomic mass is 16.3. The van der Waals surface area contributed by atoms with Gasteiger partial charge in [-0.2, -0.15) is 0 Å². The Morgan fingerprint density at radius 3 is 2.00 bits per heavy atom. The fourth-order valence-corrected chi connectivity index (χ4v) is 8.89. The normalized spacial score (nSPS) is 15.5. The first-order valence-corrected chi connectivity index (χ1v) is 19.5. The van der Waals surface area contributed by atoms with E-state index in [1.165, 1.54) is 32.8 Å². The summed E-state index contributed by atoms with van der Waals surface area (Å²) in [6.07, 6.45) is 3.88. The zero-order valence-electron chi connectivity index (χ0n) is 30.8. The number of aryl methyl sites for hydroxylation is 1. The molecule has 57 heavy (non-hydrogen) atoms. The van der Waals surface area contributed by atoms with Gasteiger partial charge in [0.05, 0.1) is 16.7 Å². The number of nitrogens with zero attached hydrogens (tertiary/aromatic N) is 3. The Kier molecular flexibility index (Phi) is 7.01. The Hall–Kier alpha value is -7.44. The summed E-state index contributed by atoms with van der Waals surface area (Å²) in [7, 11) is 0. The first-order valence-electron chi connectivity index (χ1n) is 19.5. The molecule has 1 N–H and O–H groups in total. The van der Waals surface area contributed by atoms with Crippen LogP contribution in [0.4, 0.5) is 0 Å². The molecule has 0 saturated carbocycles. The van der Waals surface area contributed by atoms with E-state index in [9.17, 15) is 0 Å². The summed E-state index contributed by atoms with van der Waals surface area (Å²) in [6, 6.07) is 57.1. The zero-order valence-corrected chi connectivity index (χ0v) is 30.8. The summed E-state index contributed by atoms with van der Waals surface area (Å²) >= 11 is 0. The molecule has 0 spiro atoms. The standard InChI is InChI=1S/C51H34N4O2/c1-3-13-31(14-4-1)49-52-50(32-15-5-2-6-16-32)54-51(53-49)34-26-28-46-41(30-34)40-29-33(25-27-45(40)56-46)35-19-11-20-38-39-21-12-24-44(48(39)57-47(35)38)55-42-22-9-7-17-36(42)37-18-8-10-23-43(37)55/h1-11,13-20,22-30,51H,12,21H2,(H,52,53,54). The van der Waals surface area contributed by atoms with Gasteiger partial charge in [0, 0.05) is 49.2 Å². The van der Waals surface area contributed by atoms with Crippen LogP contribution < -0.4 is 5.32 Å². The molecule has 1 aliphatic carbocycles. The molecular formula is C51H34N4O2. The molecule has 12 rings (SSSR count). The lowest BCUT2D eigenvalue weighted by molar-refractivity contribution is 0.586. The lowest BCUT2D eigenvalue weighted by atomic mass is 9.96. The fraction of sp³-hybridized carbons (Fsp3) is 0.0588. The summed E-state index contributed by atoms with van der Waals surface area (Å²) in [5.74, 6) is 2.44. The molecule has 0 bridgehead atoms. The van der Waals surface area contributed by atoms with Gasteiger partial charge in [-0.05, 0) is 60.4 Å². The van der Waals surface area contributed by atoms with E-state index in [-0.39, 0.29) is 6.17 Å². The van der Waals surface area contributed by atoms with Gasteiger partial charge in [-0.15, -0.1) is 0 Å². The summed E-state index contributed by atoms with van der Waals surface area (Å²) in [6.45, 7) is 0. The van der Waals surface area contributed by atoms with E-state index in [1.807, 2.05) is 36.4 Å². The Morgan fingerprint density at radius 2 is 1.23 bits per heavy atom.